The molecule has 1 unspecified atom stereocenters. The highest BCUT2D eigenvalue weighted by Crippen LogP contribution is 2.17. The first-order chi connectivity index (χ1) is 9.24. The van der Waals surface area contributed by atoms with Gasteiger partial charge in [0.05, 0.1) is 7.11 Å². The van der Waals surface area contributed by atoms with Gasteiger partial charge in [-0.3, -0.25) is 9.59 Å². The molecule has 0 aliphatic rings. The number of anilines is 1. The molecule has 5 heteroatoms. The molecule has 0 fully saturated rings. The van der Waals surface area contributed by atoms with Crippen molar-refractivity contribution >= 4 is 17.5 Å². The quantitative estimate of drug-likeness (QED) is 0.887. The third kappa shape index (κ3) is 4.57. The first kappa shape index (κ1) is 16.0. The lowest BCUT2D eigenvalue weighted by atomic mass is 9.95. The van der Waals surface area contributed by atoms with Crippen LogP contribution in [0.15, 0.2) is 24.3 Å². The molecular formula is C15H22N2O3. The van der Waals surface area contributed by atoms with E-state index in [1.54, 1.807) is 59.1 Å². The molecule has 0 radical (unpaired) electrons. The first-order valence-electron chi connectivity index (χ1n) is 6.50. The smallest absolute Gasteiger partial charge is 0.246 e. The minimum absolute atomic E-state index is 0.161. The summed E-state index contributed by atoms with van der Waals surface area (Å²) in [5.41, 5.74) is 0.107. The Bertz CT molecular complexity index is 492. The number of rotatable bonds is 4. The molecule has 0 bridgehead atoms. The maximum absolute atomic E-state index is 12.0. The van der Waals surface area contributed by atoms with Crippen LogP contribution < -0.4 is 15.4 Å². The van der Waals surface area contributed by atoms with E-state index in [1.165, 1.54) is 0 Å². The number of hydrogen-bond donors (Lipinski definition) is 2. The molecule has 2 amide bonds. The average molecular weight is 278 g/mol. The molecule has 0 saturated heterocycles. The minimum Gasteiger partial charge on any atom is -0.497 e. The van der Waals surface area contributed by atoms with Gasteiger partial charge in [0.2, 0.25) is 11.8 Å². The molecule has 1 rings (SSSR count). The van der Waals surface area contributed by atoms with Crippen molar-refractivity contribution in [3.8, 4) is 5.75 Å². The van der Waals surface area contributed by atoms with Crippen molar-refractivity contribution < 1.29 is 14.3 Å². The van der Waals surface area contributed by atoms with Crippen LogP contribution in [0.25, 0.3) is 0 Å². The zero-order valence-electron chi connectivity index (χ0n) is 12.6. The van der Waals surface area contributed by atoms with E-state index in [0.717, 1.165) is 0 Å². The Kier molecular flexibility index (Phi) is 5.13. The Morgan fingerprint density at radius 3 is 2.45 bits per heavy atom. The van der Waals surface area contributed by atoms with Gasteiger partial charge >= 0.3 is 0 Å². The van der Waals surface area contributed by atoms with E-state index in [2.05, 4.69) is 10.6 Å². The molecule has 0 aliphatic carbocycles. The molecule has 1 aromatic carbocycles. The standard InChI is InChI=1S/C15H22N2O3/c1-10(16-14(19)15(2,3)4)13(18)17-11-7-6-8-12(9-11)20-5/h6-10H,1-5H3,(H,16,19)(H,17,18). The van der Waals surface area contributed by atoms with Crippen LogP contribution in [0.2, 0.25) is 0 Å². The summed E-state index contributed by atoms with van der Waals surface area (Å²) in [6, 6.07) is 6.45. The second-order valence-corrected chi connectivity index (χ2v) is 5.67. The number of benzene rings is 1. The second kappa shape index (κ2) is 6.41. The van der Waals surface area contributed by atoms with E-state index in [4.69, 9.17) is 4.74 Å². The van der Waals surface area contributed by atoms with Crippen LogP contribution in [-0.4, -0.2) is 25.0 Å². The first-order valence-corrected chi connectivity index (χ1v) is 6.50. The van der Waals surface area contributed by atoms with Crippen LogP contribution >= 0.6 is 0 Å². The minimum atomic E-state index is -0.604. The van der Waals surface area contributed by atoms with Crippen molar-refractivity contribution in [2.45, 2.75) is 33.7 Å². The lowest BCUT2D eigenvalue weighted by molar-refractivity contribution is -0.131. The number of ether oxygens (including phenoxy) is 1. The highest BCUT2D eigenvalue weighted by Gasteiger charge is 2.25. The largest absolute Gasteiger partial charge is 0.497 e. The summed E-state index contributed by atoms with van der Waals surface area (Å²) >= 11 is 0. The predicted molar refractivity (Wildman–Crippen MR) is 78.7 cm³/mol. The van der Waals surface area contributed by atoms with Crippen LogP contribution in [-0.2, 0) is 9.59 Å². The molecule has 1 atom stereocenters. The fourth-order valence-corrected chi connectivity index (χ4v) is 1.43. The predicted octanol–water partition coefficient (Wildman–Crippen LogP) is 2.18. The van der Waals surface area contributed by atoms with Gasteiger partial charge in [-0.25, -0.2) is 0 Å². The maximum Gasteiger partial charge on any atom is 0.246 e. The lowest BCUT2D eigenvalue weighted by Crippen LogP contribution is -2.46. The van der Waals surface area contributed by atoms with Gasteiger partial charge in [0, 0.05) is 17.2 Å². The van der Waals surface area contributed by atoms with Gasteiger partial charge in [-0.2, -0.15) is 0 Å². The number of carbonyl (C=O) groups excluding carboxylic acids is 2. The van der Waals surface area contributed by atoms with E-state index >= 15 is 0 Å². The molecular weight excluding hydrogens is 256 g/mol. The Labute approximate surface area is 119 Å². The lowest BCUT2D eigenvalue weighted by Gasteiger charge is -2.21. The highest BCUT2D eigenvalue weighted by atomic mass is 16.5. The summed E-state index contributed by atoms with van der Waals surface area (Å²) in [7, 11) is 1.56. The third-order valence-corrected chi connectivity index (χ3v) is 2.76. The zero-order valence-corrected chi connectivity index (χ0v) is 12.6. The van der Waals surface area contributed by atoms with Crippen LogP contribution in [0.1, 0.15) is 27.7 Å². The SMILES string of the molecule is COc1cccc(NC(=O)C(C)NC(=O)C(C)(C)C)c1. The number of amides is 2. The number of nitrogens with one attached hydrogen (secondary N) is 2. The fourth-order valence-electron chi connectivity index (χ4n) is 1.43. The molecule has 0 spiro atoms. The van der Waals surface area contributed by atoms with Crippen LogP contribution in [0.3, 0.4) is 0 Å². The number of methoxy groups -OCH3 is 1. The zero-order chi connectivity index (χ0) is 15.3. The van der Waals surface area contributed by atoms with E-state index < -0.39 is 11.5 Å². The summed E-state index contributed by atoms with van der Waals surface area (Å²) < 4.78 is 5.09. The average Bonchev–Trinajstić information content (AvgIpc) is 2.37. The van der Waals surface area contributed by atoms with Crippen molar-refractivity contribution in [2.75, 3.05) is 12.4 Å². The Hall–Kier alpha value is -2.04. The van der Waals surface area contributed by atoms with Crippen molar-refractivity contribution in [3.05, 3.63) is 24.3 Å². The van der Waals surface area contributed by atoms with E-state index in [1.807, 2.05) is 0 Å². The fraction of sp³-hybridized carbons (Fsp3) is 0.467. The van der Waals surface area contributed by atoms with E-state index in [-0.39, 0.29) is 11.8 Å². The molecule has 0 heterocycles. The molecule has 1 aromatic rings. The molecule has 0 aliphatic heterocycles. The Balaban J connectivity index is 2.64. The normalized spacial score (nSPS) is 12.4. The number of carbonyl (C=O) groups is 2. The van der Waals surface area contributed by atoms with Gasteiger partial charge in [0.1, 0.15) is 11.8 Å². The van der Waals surface area contributed by atoms with Crippen LogP contribution in [0.5, 0.6) is 5.75 Å². The van der Waals surface area contributed by atoms with Crippen molar-refractivity contribution in [1.82, 2.24) is 5.32 Å². The van der Waals surface area contributed by atoms with Gasteiger partial charge in [-0.05, 0) is 19.1 Å². The van der Waals surface area contributed by atoms with Crippen molar-refractivity contribution in [3.63, 3.8) is 0 Å². The second-order valence-electron chi connectivity index (χ2n) is 5.67. The van der Waals surface area contributed by atoms with Crippen LogP contribution in [0, 0.1) is 5.41 Å². The molecule has 0 saturated carbocycles. The third-order valence-electron chi connectivity index (χ3n) is 2.76. The highest BCUT2D eigenvalue weighted by molar-refractivity contribution is 5.97. The number of hydrogen-bond acceptors (Lipinski definition) is 3. The van der Waals surface area contributed by atoms with E-state index in [0.29, 0.717) is 11.4 Å². The molecule has 0 aromatic heterocycles. The van der Waals surface area contributed by atoms with Gasteiger partial charge in [-0.1, -0.05) is 26.8 Å². The van der Waals surface area contributed by atoms with Crippen molar-refractivity contribution in [1.29, 1.82) is 0 Å². The summed E-state index contributed by atoms with van der Waals surface area (Å²) in [6.45, 7) is 7.05. The molecule has 5 nitrogen and oxygen atoms in total. The summed E-state index contributed by atoms with van der Waals surface area (Å²) in [5.74, 6) is 0.232. The summed E-state index contributed by atoms with van der Waals surface area (Å²) in [4.78, 5) is 23.8. The summed E-state index contributed by atoms with van der Waals surface area (Å²) in [6.07, 6.45) is 0. The Morgan fingerprint density at radius 2 is 1.90 bits per heavy atom. The Morgan fingerprint density at radius 1 is 1.25 bits per heavy atom. The molecule has 2 N–H and O–H groups in total. The van der Waals surface area contributed by atoms with E-state index in [9.17, 15) is 9.59 Å². The maximum atomic E-state index is 12.0. The van der Waals surface area contributed by atoms with Gasteiger partial charge < -0.3 is 15.4 Å². The van der Waals surface area contributed by atoms with Crippen molar-refractivity contribution in [2.24, 2.45) is 5.41 Å². The topological polar surface area (TPSA) is 67.4 Å². The van der Waals surface area contributed by atoms with Gasteiger partial charge in [-0.15, -0.1) is 0 Å². The van der Waals surface area contributed by atoms with Gasteiger partial charge in [0.25, 0.3) is 0 Å². The van der Waals surface area contributed by atoms with Gasteiger partial charge in [0.15, 0.2) is 0 Å². The van der Waals surface area contributed by atoms with Crippen LogP contribution in [0.4, 0.5) is 5.69 Å². The molecule has 110 valence electrons. The summed E-state index contributed by atoms with van der Waals surface area (Å²) in [5, 5.41) is 5.43. The molecule has 20 heavy (non-hydrogen) atoms. The monoisotopic (exact) mass is 278 g/mol.